The first-order valence-electron chi connectivity index (χ1n) is 7.09. The summed E-state index contributed by atoms with van der Waals surface area (Å²) >= 11 is 0. The minimum atomic E-state index is -0.640. The van der Waals surface area contributed by atoms with Crippen molar-refractivity contribution in [3.63, 3.8) is 0 Å². The van der Waals surface area contributed by atoms with Crippen molar-refractivity contribution in [2.24, 2.45) is 0 Å². The summed E-state index contributed by atoms with van der Waals surface area (Å²) in [4.78, 5) is 26.4. The Morgan fingerprint density at radius 1 is 1.05 bits per heavy atom. The van der Waals surface area contributed by atoms with Gasteiger partial charge in [-0.15, -0.1) is 0 Å². The van der Waals surface area contributed by atoms with Crippen LogP contribution in [0.3, 0.4) is 0 Å². The van der Waals surface area contributed by atoms with Crippen molar-refractivity contribution in [1.29, 1.82) is 0 Å². The molecule has 1 N–H and O–H groups in total. The molecule has 22 heavy (non-hydrogen) atoms. The number of aryl methyl sites for hydroxylation is 1. The highest BCUT2D eigenvalue weighted by Crippen LogP contribution is 2.22. The maximum Gasteiger partial charge on any atom is 0.326 e. The normalized spacial score (nSPS) is 17.2. The standard InChI is InChI=1S/C18H16N2O2/c1-13-7-9-14(10-8-13)17(21)16-11-12-19-18(22)20(16)15-5-3-2-4-6-15/h2-12,16H,1H3,(H,19,22). The Bertz CT molecular complexity index is 721. The third kappa shape index (κ3) is 2.63. The monoisotopic (exact) mass is 292 g/mol. The summed E-state index contributed by atoms with van der Waals surface area (Å²) in [6.07, 6.45) is 3.23. The molecule has 4 heteroatoms. The van der Waals surface area contributed by atoms with E-state index in [9.17, 15) is 9.59 Å². The molecule has 1 heterocycles. The lowest BCUT2D eigenvalue weighted by Crippen LogP contribution is -2.51. The molecule has 1 aliphatic heterocycles. The van der Waals surface area contributed by atoms with Crippen molar-refractivity contribution in [2.45, 2.75) is 13.0 Å². The number of benzene rings is 2. The molecule has 1 unspecified atom stereocenters. The van der Waals surface area contributed by atoms with Gasteiger partial charge in [0.25, 0.3) is 0 Å². The molecule has 0 aromatic heterocycles. The van der Waals surface area contributed by atoms with Crippen LogP contribution in [0.4, 0.5) is 10.5 Å². The number of ketones is 1. The highest BCUT2D eigenvalue weighted by molar-refractivity contribution is 6.09. The van der Waals surface area contributed by atoms with Gasteiger partial charge in [0.2, 0.25) is 0 Å². The summed E-state index contributed by atoms with van der Waals surface area (Å²) in [7, 11) is 0. The fourth-order valence-electron chi connectivity index (χ4n) is 2.45. The highest BCUT2D eigenvalue weighted by Gasteiger charge is 2.31. The van der Waals surface area contributed by atoms with Crippen LogP contribution < -0.4 is 10.2 Å². The van der Waals surface area contributed by atoms with Gasteiger partial charge in [0.1, 0.15) is 6.04 Å². The lowest BCUT2D eigenvalue weighted by atomic mass is 10.0. The third-order valence-electron chi connectivity index (χ3n) is 3.62. The van der Waals surface area contributed by atoms with Crippen molar-refractivity contribution >= 4 is 17.5 Å². The first-order chi connectivity index (χ1) is 10.7. The number of anilines is 1. The van der Waals surface area contributed by atoms with Crippen molar-refractivity contribution in [3.8, 4) is 0 Å². The van der Waals surface area contributed by atoms with E-state index in [1.165, 1.54) is 11.1 Å². The molecule has 0 aliphatic carbocycles. The van der Waals surface area contributed by atoms with Crippen molar-refractivity contribution in [2.75, 3.05) is 4.90 Å². The molecule has 0 radical (unpaired) electrons. The Labute approximate surface area is 129 Å². The number of carbonyl (C=O) groups is 2. The molecule has 0 fully saturated rings. The second-order valence-electron chi connectivity index (χ2n) is 5.19. The van der Waals surface area contributed by atoms with Crippen LogP contribution in [-0.2, 0) is 0 Å². The van der Waals surface area contributed by atoms with E-state index in [2.05, 4.69) is 5.32 Å². The first kappa shape index (κ1) is 14.1. The number of carbonyl (C=O) groups excluding carboxylic acids is 2. The molecule has 0 saturated heterocycles. The Kier molecular flexibility index (Phi) is 3.74. The van der Waals surface area contributed by atoms with E-state index in [4.69, 9.17) is 0 Å². The van der Waals surface area contributed by atoms with Gasteiger partial charge in [-0.05, 0) is 25.1 Å². The van der Waals surface area contributed by atoms with Gasteiger partial charge in [0.05, 0.1) is 0 Å². The number of hydrogen-bond donors (Lipinski definition) is 1. The molecule has 4 nitrogen and oxygen atoms in total. The smallest absolute Gasteiger partial charge is 0.314 e. The van der Waals surface area contributed by atoms with E-state index in [1.807, 2.05) is 49.4 Å². The summed E-state index contributed by atoms with van der Waals surface area (Å²) in [6, 6.07) is 15.6. The number of urea groups is 1. The fourth-order valence-corrected chi connectivity index (χ4v) is 2.45. The van der Waals surface area contributed by atoms with E-state index >= 15 is 0 Å². The van der Waals surface area contributed by atoms with Crippen molar-refractivity contribution < 1.29 is 9.59 Å². The molecular formula is C18H16N2O2. The number of hydrogen-bond acceptors (Lipinski definition) is 2. The molecular weight excluding hydrogens is 276 g/mol. The molecule has 3 rings (SSSR count). The summed E-state index contributed by atoms with van der Waals surface area (Å²) < 4.78 is 0. The molecule has 0 bridgehead atoms. The topological polar surface area (TPSA) is 49.4 Å². The largest absolute Gasteiger partial charge is 0.326 e. The second kappa shape index (κ2) is 5.85. The lowest BCUT2D eigenvalue weighted by Gasteiger charge is -2.31. The van der Waals surface area contributed by atoms with Crippen molar-refractivity contribution in [1.82, 2.24) is 5.32 Å². The van der Waals surface area contributed by atoms with Gasteiger partial charge in [-0.3, -0.25) is 9.69 Å². The van der Waals surface area contributed by atoms with E-state index in [0.29, 0.717) is 11.3 Å². The summed E-state index contributed by atoms with van der Waals surface area (Å²) in [5.41, 5.74) is 2.37. The molecule has 110 valence electrons. The number of nitrogens with one attached hydrogen (secondary N) is 1. The SMILES string of the molecule is Cc1ccc(C(=O)C2C=CNC(=O)N2c2ccccc2)cc1. The molecule has 0 saturated carbocycles. The Morgan fingerprint density at radius 3 is 2.41 bits per heavy atom. The van der Waals surface area contributed by atoms with Gasteiger partial charge in [0.15, 0.2) is 5.78 Å². The number of Topliss-reactive ketones (excluding diaryl/α,β-unsaturated/α-hetero) is 1. The predicted octanol–water partition coefficient (Wildman–Crippen LogP) is 3.29. The molecule has 2 aromatic rings. The number of rotatable bonds is 3. The van der Waals surface area contributed by atoms with Crippen LogP contribution in [0.2, 0.25) is 0 Å². The summed E-state index contributed by atoms with van der Waals surface area (Å²) in [5.74, 6) is -0.102. The van der Waals surface area contributed by atoms with Gasteiger partial charge >= 0.3 is 6.03 Å². The lowest BCUT2D eigenvalue weighted by molar-refractivity contribution is 0.0974. The van der Waals surface area contributed by atoms with Crippen LogP contribution >= 0.6 is 0 Å². The number of para-hydroxylation sites is 1. The molecule has 1 atom stereocenters. The minimum absolute atomic E-state index is 0.102. The van der Waals surface area contributed by atoms with E-state index in [0.717, 1.165) is 5.56 Å². The minimum Gasteiger partial charge on any atom is -0.314 e. The Morgan fingerprint density at radius 2 is 1.73 bits per heavy atom. The summed E-state index contributed by atoms with van der Waals surface area (Å²) in [6.45, 7) is 1.97. The molecule has 1 aliphatic rings. The molecule has 2 aromatic carbocycles. The van der Waals surface area contributed by atoms with Gasteiger partial charge in [-0.1, -0.05) is 48.0 Å². The van der Waals surface area contributed by atoms with Crippen LogP contribution in [0.25, 0.3) is 0 Å². The zero-order valence-corrected chi connectivity index (χ0v) is 12.2. The van der Waals surface area contributed by atoms with Crippen LogP contribution in [0.5, 0.6) is 0 Å². The third-order valence-corrected chi connectivity index (χ3v) is 3.62. The zero-order chi connectivity index (χ0) is 15.5. The number of amides is 2. The average molecular weight is 292 g/mol. The highest BCUT2D eigenvalue weighted by atomic mass is 16.2. The molecule has 0 spiro atoms. The van der Waals surface area contributed by atoms with Crippen LogP contribution in [0.15, 0.2) is 66.9 Å². The average Bonchev–Trinajstić information content (AvgIpc) is 2.55. The van der Waals surface area contributed by atoms with Crippen LogP contribution in [-0.4, -0.2) is 17.9 Å². The quantitative estimate of drug-likeness (QED) is 0.882. The van der Waals surface area contributed by atoms with Crippen LogP contribution in [0.1, 0.15) is 15.9 Å². The summed E-state index contributed by atoms with van der Waals surface area (Å²) in [5, 5.41) is 2.63. The van der Waals surface area contributed by atoms with Gasteiger partial charge < -0.3 is 5.32 Å². The zero-order valence-electron chi connectivity index (χ0n) is 12.2. The van der Waals surface area contributed by atoms with Crippen molar-refractivity contribution in [3.05, 3.63) is 78.0 Å². The van der Waals surface area contributed by atoms with Crippen LogP contribution in [0, 0.1) is 6.92 Å². The second-order valence-corrected chi connectivity index (χ2v) is 5.19. The molecule has 2 amide bonds. The van der Waals surface area contributed by atoms with E-state index in [-0.39, 0.29) is 11.8 Å². The van der Waals surface area contributed by atoms with E-state index in [1.54, 1.807) is 18.2 Å². The predicted molar refractivity (Wildman–Crippen MR) is 85.9 cm³/mol. The first-order valence-corrected chi connectivity index (χ1v) is 7.09. The Balaban J connectivity index is 1.97. The van der Waals surface area contributed by atoms with Gasteiger partial charge in [-0.25, -0.2) is 4.79 Å². The van der Waals surface area contributed by atoms with Gasteiger partial charge in [-0.2, -0.15) is 0 Å². The maximum atomic E-state index is 12.8. The number of nitrogens with zero attached hydrogens (tertiary/aromatic N) is 1. The van der Waals surface area contributed by atoms with E-state index < -0.39 is 6.04 Å². The fraction of sp³-hybridized carbons (Fsp3) is 0.111. The van der Waals surface area contributed by atoms with Gasteiger partial charge in [0, 0.05) is 17.5 Å². The maximum absolute atomic E-state index is 12.8. The Hall–Kier alpha value is -2.88.